The number of ether oxygens (including phenoxy) is 1. The monoisotopic (exact) mass is 396 g/mol. The summed E-state index contributed by atoms with van der Waals surface area (Å²) >= 11 is 0. The number of hydrogen-bond acceptors (Lipinski definition) is 5. The van der Waals surface area contributed by atoms with Crippen molar-refractivity contribution in [2.24, 2.45) is 5.92 Å². The number of carbonyl (C=O) groups is 3. The number of benzene rings is 1. The zero-order chi connectivity index (χ0) is 20.5. The summed E-state index contributed by atoms with van der Waals surface area (Å²) < 4.78 is 7.34. The summed E-state index contributed by atoms with van der Waals surface area (Å²) in [6, 6.07) is 5.73. The van der Waals surface area contributed by atoms with E-state index in [1.807, 2.05) is 13.8 Å². The smallest absolute Gasteiger partial charge is 0.262 e. The average molecular weight is 396 g/mol. The molecule has 2 aliphatic heterocycles. The lowest BCUT2D eigenvalue weighted by Gasteiger charge is -2.28. The SMILES string of the molecule is CC(C)C(C(=O)Nc1cnn(CC2CCCO2)c1)N1C(=O)c2ccccc2C1=O. The van der Waals surface area contributed by atoms with Crippen molar-refractivity contribution in [2.45, 2.75) is 45.4 Å². The topological polar surface area (TPSA) is 93.5 Å². The molecule has 1 saturated heterocycles. The fraction of sp³-hybridized carbons (Fsp3) is 0.429. The van der Waals surface area contributed by atoms with Crippen molar-refractivity contribution in [1.82, 2.24) is 14.7 Å². The molecular weight excluding hydrogens is 372 g/mol. The Kier molecular flexibility index (Phi) is 5.19. The van der Waals surface area contributed by atoms with Crippen molar-refractivity contribution in [3.05, 3.63) is 47.8 Å². The number of anilines is 1. The molecule has 0 spiro atoms. The van der Waals surface area contributed by atoms with Crippen LogP contribution in [0.2, 0.25) is 0 Å². The molecule has 1 N–H and O–H groups in total. The van der Waals surface area contributed by atoms with Gasteiger partial charge in [-0.3, -0.25) is 24.0 Å². The summed E-state index contributed by atoms with van der Waals surface area (Å²) in [5, 5.41) is 7.08. The summed E-state index contributed by atoms with van der Waals surface area (Å²) in [6.45, 7) is 5.02. The fourth-order valence-electron chi connectivity index (χ4n) is 3.92. The van der Waals surface area contributed by atoms with Crippen molar-refractivity contribution >= 4 is 23.4 Å². The van der Waals surface area contributed by atoms with Crippen LogP contribution in [-0.4, -0.2) is 51.2 Å². The van der Waals surface area contributed by atoms with Crippen LogP contribution in [-0.2, 0) is 16.1 Å². The van der Waals surface area contributed by atoms with Crippen molar-refractivity contribution in [2.75, 3.05) is 11.9 Å². The molecule has 0 radical (unpaired) electrons. The first kappa shape index (κ1) is 19.3. The number of imide groups is 1. The van der Waals surface area contributed by atoms with E-state index >= 15 is 0 Å². The third-order valence-electron chi connectivity index (χ3n) is 5.32. The second kappa shape index (κ2) is 7.79. The molecule has 0 saturated carbocycles. The molecular formula is C21H24N4O4. The number of carbonyl (C=O) groups excluding carboxylic acids is 3. The first-order chi connectivity index (χ1) is 14.0. The Morgan fingerprint density at radius 2 is 1.93 bits per heavy atom. The minimum absolute atomic E-state index is 0.139. The van der Waals surface area contributed by atoms with Crippen molar-refractivity contribution < 1.29 is 19.1 Å². The van der Waals surface area contributed by atoms with E-state index in [1.165, 1.54) is 0 Å². The molecule has 3 amide bonds. The summed E-state index contributed by atoms with van der Waals surface area (Å²) in [7, 11) is 0. The highest BCUT2D eigenvalue weighted by Crippen LogP contribution is 2.27. The Bertz CT molecular complexity index is 911. The predicted octanol–water partition coefficient (Wildman–Crippen LogP) is 2.32. The Morgan fingerprint density at radius 3 is 2.52 bits per heavy atom. The minimum Gasteiger partial charge on any atom is -0.376 e. The van der Waals surface area contributed by atoms with Crippen LogP contribution in [0.25, 0.3) is 0 Å². The summed E-state index contributed by atoms with van der Waals surface area (Å²) in [4.78, 5) is 39.7. The van der Waals surface area contributed by atoms with Crippen LogP contribution >= 0.6 is 0 Å². The quantitative estimate of drug-likeness (QED) is 0.757. The van der Waals surface area contributed by atoms with Gasteiger partial charge in [0.25, 0.3) is 11.8 Å². The summed E-state index contributed by atoms with van der Waals surface area (Å²) in [5.74, 6) is -1.53. The molecule has 152 valence electrons. The van der Waals surface area contributed by atoms with E-state index in [2.05, 4.69) is 10.4 Å². The van der Waals surface area contributed by atoms with Gasteiger partial charge in [-0.2, -0.15) is 5.10 Å². The molecule has 8 heteroatoms. The maximum absolute atomic E-state index is 13.0. The number of nitrogens with one attached hydrogen (secondary N) is 1. The summed E-state index contributed by atoms with van der Waals surface area (Å²) in [5.41, 5.74) is 1.19. The van der Waals surface area contributed by atoms with Crippen LogP contribution in [0.15, 0.2) is 36.7 Å². The number of hydrogen-bond donors (Lipinski definition) is 1. The van der Waals surface area contributed by atoms with E-state index in [4.69, 9.17) is 4.74 Å². The van der Waals surface area contributed by atoms with Crippen molar-refractivity contribution in [3.8, 4) is 0 Å². The van der Waals surface area contributed by atoms with Gasteiger partial charge in [0, 0.05) is 12.8 Å². The van der Waals surface area contributed by atoms with Gasteiger partial charge in [-0.25, -0.2) is 0 Å². The molecule has 3 heterocycles. The van der Waals surface area contributed by atoms with Crippen LogP contribution in [0.5, 0.6) is 0 Å². The molecule has 2 unspecified atom stereocenters. The fourth-order valence-corrected chi connectivity index (χ4v) is 3.92. The number of aromatic nitrogens is 2. The van der Waals surface area contributed by atoms with Gasteiger partial charge in [0.05, 0.1) is 35.7 Å². The zero-order valence-electron chi connectivity index (χ0n) is 16.5. The molecule has 2 aliphatic rings. The van der Waals surface area contributed by atoms with Gasteiger partial charge in [-0.05, 0) is 30.9 Å². The number of rotatable bonds is 6. The highest BCUT2D eigenvalue weighted by atomic mass is 16.5. The Morgan fingerprint density at radius 1 is 1.24 bits per heavy atom. The molecule has 1 fully saturated rings. The van der Waals surface area contributed by atoms with E-state index in [0.29, 0.717) is 23.4 Å². The molecule has 1 aromatic heterocycles. The maximum atomic E-state index is 13.0. The predicted molar refractivity (Wildman–Crippen MR) is 105 cm³/mol. The third-order valence-corrected chi connectivity index (χ3v) is 5.32. The van der Waals surface area contributed by atoms with Crippen LogP contribution in [0.3, 0.4) is 0 Å². The Labute approximate surface area is 168 Å². The highest BCUT2D eigenvalue weighted by Gasteiger charge is 2.43. The van der Waals surface area contributed by atoms with E-state index in [0.717, 1.165) is 24.3 Å². The van der Waals surface area contributed by atoms with Crippen molar-refractivity contribution in [3.63, 3.8) is 0 Å². The van der Waals surface area contributed by atoms with Gasteiger partial charge in [0.15, 0.2) is 0 Å². The maximum Gasteiger partial charge on any atom is 0.262 e. The van der Waals surface area contributed by atoms with Crippen LogP contribution in [0, 0.1) is 5.92 Å². The highest BCUT2D eigenvalue weighted by molar-refractivity contribution is 6.23. The largest absolute Gasteiger partial charge is 0.376 e. The second-order valence-corrected chi connectivity index (χ2v) is 7.79. The normalized spacial score (nSPS) is 19.7. The first-order valence-corrected chi connectivity index (χ1v) is 9.87. The number of amides is 3. The van der Waals surface area contributed by atoms with Gasteiger partial charge >= 0.3 is 0 Å². The number of fused-ring (bicyclic) bond motifs is 1. The van der Waals surface area contributed by atoms with Gasteiger partial charge in [0.1, 0.15) is 6.04 Å². The van der Waals surface area contributed by atoms with Crippen LogP contribution in [0.1, 0.15) is 47.4 Å². The van der Waals surface area contributed by atoms with Gasteiger partial charge in [0.2, 0.25) is 5.91 Å². The first-order valence-electron chi connectivity index (χ1n) is 9.87. The van der Waals surface area contributed by atoms with E-state index in [9.17, 15) is 14.4 Å². The molecule has 0 bridgehead atoms. The molecule has 29 heavy (non-hydrogen) atoms. The molecule has 1 aromatic carbocycles. The van der Waals surface area contributed by atoms with E-state index in [1.54, 1.807) is 41.3 Å². The second-order valence-electron chi connectivity index (χ2n) is 7.79. The molecule has 2 atom stereocenters. The lowest BCUT2D eigenvalue weighted by molar-refractivity contribution is -0.121. The van der Waals surface area contributed by atoms with Crippen LogP contribution < -0.4 is 5.32 Å². The zero-order valence-corrected chi connectivity index (χ0v) is 16.5. The minimum atomic E-state index is -0.913. The Balaban J connectivity index is 1.49. The lowest BCUT2D eigenvalue weighted by Crippen LogP contribution is -2.50. The average Bonchev–Trinajstić information content (AvgIpc) is 3.41. The molecule has 0 aliphatic carbocycles. The van der Waals surface area contributed by atoms with Gasteiger partial charge in [-0.1, -0.05) is 26.0 Å². The molecule has 4 rings (SSSR count). The standard InChI is InChI=1S/C21H24N4O4/c1-13(2)18(25-20(27)16-7-3-4-8-17(16)21(25)28)19(26)23-14-10-22-24(11-14)12-15-6-5-9-29-15/h3-4,7-8,10-11,13,15,18H,5-6,9,12H2,1-2H3,(H,23,26). The number of nitrogens with zero attached hydrogens (tertiary/aromatic N) is 3. The third kappa shape index (κ3) is 3.67. The van der Waals surface area contributed by atoms with Gasteiger partial charge in [-0.15, -0.1) is 0 Å². The summed E-state index contributed by atoms with van der Waals surface area (Å²) in [6.07, 6.45) is 5.48. The van der Waals surface area contributed by atoms with Gasteiger partial charge < -0.3 is 10.1 Å². The molecule has 8 nitrogen and oxygen atoms in total. The van der Waals surface area contributed by atoms with Crippen LogP contribution in [0.4, 0.5) is 5.69 Å². The van der Waals surface area contributed by atoms with E-state index < -0.39 is 23.8 Å². The molecule has 2 aromatic rings. The van der Waals surface area contributed by atoms with E-state index in [-0.39, 0.29) is 12.0 Å². The Hall–Kier alpha value is -3.00. The lowest BCUT2D eigenvalue weighted by atomic mass is 10.0. The van der Waals surface area contributed by atoms with Crippen molar-refractivity contribution in [1.29, 1.82) is 0 Å².